The molecule has 2 aromatic rings. The first-order valence-electron chi connectivity index (χ1n) is 8.20. The van der Waals surface area contributed by atoms with E-state index in [1.165, 1.54) is 11.3 Å². The van der Waals surface area contributed by atoms with Crippen LogP contribution in [-0.2, 0) is 20.9 Å². The van der Waals surface area contributed by atoms with Gasteiger partial charge in [-0.1, -0.05) is 30.3 Å². The number of fused-ring (bicyclic) bond motifs is 1. The maximum Gasteiger partial charge on any atom is 0.330 e. The Morgan fingerprint density at radius 1 is 1.40 bits per heavy atom. The quantitative estimate of drug-likeness (QED) is 0.769. The number of nitrogens with zero attached hydrogens (tertiary/aromatic N) is 2. The van der Waals surface area contributed by atoms with Crippen LogP contribution in [0.2, 0.25) is 0 Å². The normalized spacial score (nSPS) is 25.2. The molecule has 130 valence electrons. The van der Waals surface area contributed by atoms with Crippen LogP contribution in [0.1, 0.15) is 24.6 Å². The van der Waals surface area contributed by atoms with Crippen LogP contribution in [0, 0.1) is 0 Å². The van der Waals surface area contributed by atoms with Crippen molar-refractivity contribution in [2.75, 3.05) is 5.75 Å². The predicted octanol–water partition coefficient (Wildman–Crippen LogP) is 3.31. The van der Waals surface area contributed by atoms with Crippen LogP contribution < -0.4 is 0 Å². The topological polar surface area (TPSA) is 59.5 Å². The number of amides is 1. The molecule has 2 aliphatic rings. The average Bonchev–Trinajstić information content (AvgIpc) is 3.30. The van der Waals surface area contributed by atoms with Gasteiger partial charge in [0.1, 0.15) is 17.7 Å². The Morgan fingerprint density at radius 3 is 3.00 bits per heavy atom. The molecule has 0 unspecified atom stereocenters. The number of carbonyl (C=O) groups is 2. The van der Waals surface area contributed by atoms with Crippen molar-refractivity contribution in [1.82, 2.24) is 9.88 Å². The molecule has 1 aromatic heterocycles. The van der Waals surface area contributed by atoms with Gasteiger partial charge in [0.2, 0.25) is 5.91 Å². The van der Waals surface area contributed by atoms with Gasteiger partial charge in [0.05, 0.1) is 9.75 Å². The van der Waals surface area contributed by atoms with E-state index in [-0.39, 0.29) is 23.4 Å². The molecule has 0 N–H and O–H groups in total. The zero-order valence-corrected chi connectivity index (χ0v) is 15.4. The monoisotopic (exact) mass is 374 g/mol. The molecular weight excluding hydrogens is 356 g/mol. The van der Waals surface area contributed by atoms with Gasteiger partial charge in [0.15, 0.2) is 0 Å². The molecule has 5 nitrogen and oxygen atoms in total. The van der Waals surface area contributed by atoms with E-state index in [4.69, 9.17) is 4.74 Å². The van der Waals surface area contributed by atoms with Crippen LogP contribution in [-0.4, -0.2) is 38.4 Å². The summed E-state index contributed by atoms with van der Waals surface area (Å²) in [4.78, 5) is 31.4. The van der Waals surface area contributed by atoms with E-state index >= 15 is 0 Å². The first kappa shape index (κ1) is 16.6. The fraction of sp³-hybridized carbons (Fsp3) is 0.389. The third-order valence-electron chi connectivity index (χ3n) is 4.65. The van der Waals surface area contributed by atoms with Gasteiger partial charge in [-0.05, 0) is 13.3 Å². The van der Waals surface area contributed by atoms with Gasteiger partial charge in [-0.3, -0.25) is 4.79 Å². The number of thiazole rings is 1. The van der Waals surface area contributed by atoms with Crippen molar-refractivity contribution < 1.29 is 14.3 Å². The van der Waals surface area contributed by atoms with E-state index in [2.05, 4.69) is 4.98 Å². The van der Waals surface area contributed by atoms with Crippen LogP contribution in [0.3, 0.4) is 0 Å². The lowest BCUT2D eigenvalue weighted by atomic mass is 10.2. The smallest absolute Gasteiger partial charge is 0.330 e. The Kier molecular flexibility index (Phi) is 4.29. The minimum absolute atomic E-state index is 0.0543. The molecule has 0 aliphatic carbocycles. The van der Waals surface area contributed by atoms with E-state index in [1.54, 1.807) is 22.9 Å². The highest BCUT2D eigenvalue weighted by atomic mass is 32.2. The van der Waals surface area contributed by atoms with Crippen LogP contribution >= 0.6 is 23.1 Å². The van der Waals surface area contributed by atoms with Crippen molar-refractivity contribution in [3.05, 3.63) is 41.4 Å². The highest BCUT2D eigenvalue weighted by molar-refractivity contribution is 8.01. The summed E-state index contributed by atoms with van der Waals surface area (Å²) in [5, 5.41) is 0.908. The number of ether oxygens (including phenoxy) is 1. The number of rotatable bonds is 4. The second kappa shape index (κ2) is 6.46. The first-order valence-corrected chi connectivity index (χ1v) is 10.00. The van der Waals surface area contributed by atoms with Crippen LogP contribution in [0.5, 0.6) is 0 Å². The van der Waals surface area contributed by atoms with Gasteiger partial charge in [-0.25, -0.2) is 9.78 Å². The second-order valence-electron chi connectivity index (χ2n) is 6.37. The zero-order valence-electron chi connectivity index (χ0n) is 13.8. The van der Waals surface area contributed by atoms with Crippen LogP contribution in [0.25, 0.3) is 10.6 Å². The third-order valence-corrected chi connectivity index (χ3v) is 7.17. The molecule has 0 radical (unpaired) electrons. The van der Waals surface area contributed by atoms with Crippen molar-refractivity contribution in [3.63, 3.8) is 0 Å². The molecule has 2 atom stereocenters. The molecule has 0 bridgehead atoms. The summed E-state index contributed by atoms with van der Waals surface area (Å²) in [6, 6.07) is 9.45. The lowest BCUT2D eigenvalue weighted by Crippen LogP contribution is -2.46. The molecule has 2 aliphatic heterocycles. The summed E-state index contributed by atoms with van der Waals surface area (Å²) in [5.41, 5.74) is 1.05. The number of esters is 1. The van der Waals surface area contributed by atoms with E-state index < -0.39 is 6.04 Å². The predicted molar refractivity (Wildman–Crippen MR) is 98.1 cm³/mol. The Balaban J connectivity index is 1.40. The van der Waals surface area contributed by atoms with Crippen molar-refractivity contribution in [3.8, 4) is 10.6 Å². The Hall–Kier alpha value is -1.86. The summed E-state index contributed by atoms with van der Waals surface area (Å²) in [7, 11) is 0. The standard InChI is InChI=1S/C18H18N2O3S2/c1-18-8-7-15(21)20(18)14(11-24-18)17(22)23-10-13-9-19-16(25-13)12-5-3-2-4-6-12/h2-6,9,14H,7-8,10-11H2,1H3/t14-,18+/m0/s1. The van der Waals surface area contributed by atoms with E-state index in [9.17, 15) is 9.59 Å². The summed E-state index contributed by atoms with van der Waals surface area (Å²) < 4.78 is 5.49. The molecule has 1 aromatic carbocycles. The third kappa shape index (κ3) is 3.06. The van der Waals surface area contributed by atoms with Gasteiger partial charge < -0.3 is 9.64 Å². The molecular formula is C18H18N2O3S2. The van der Waals surface area contributed by atoms with Gasteiger partial charge in [0.25, 0.3) is 0 Å². The number of hydrogen-bond donors (Lipinski definition) is 0. The number of carbonyl (C=O) groups excluding carboxylic acids is 2. The van der Waals surface area contributed by atoms with Crippen molar-refractivity contribution in [2.45, 2.75) is 37.3 Å². The minimum Gasteiger partial charge on any atom is -0.458 e. The van der Waals surface area contributed by atoms with E-state index in [0.717, 1.165) is 21.9 Å². The number of thioether (sulfide) groups is 1. The summed E-state index contributed by atoms with van der Waals surface area (Å²) in [6.45, 7) is 2.23. The fourth-order valence-electron chi connectivity index (χ4n) is 3.32. The van der Waals surface area contributed by atoms with Gasteiger partial charge >= 0.3 is 5.97 Å². The maximum absolute atomic E-state index is 12.5. The lowest BCUT2D eigenvalue weighted by molar-refractivity contribution is -0.154. The average molecular weight is 374 g/mol. The minimum atomic E-state index is -0.466. The van der Waals surface area contributed by atoms with Gasteiger partial charge in [0, 0.05) is 23.9 Å². The number of hydrogen-bond acceptors (Lipinski definition) is 6. The zero-order chi connectivity index (χ0) is 17.4. The molecule has 2 fully saturated rings. The van der Waals surface area contributed by atoms with Crippen molar-refractivity contribution >= 4 is 35.0 Å². The summed E-state index contributed by atoms with van der Waals surface area (Å²) in [5.74, 6) is 0.346. The number of aromatic nitrogens is 1. The highest BCUT2D eigenvalue weighted by Crippen LogP contribution is 2.47. The van der Waals surface area contributed by atoms with Crippen molar-refractivity contribution in [1.29, 1.82) is 0 Å². The largest absolute Gasteiger partial charge is 0.458 e. The Bertz CT molecular complexity index is 808. The molecule has 0 saturated carbocycles. The summed E-state index contributed by atoms with van der Waals surface area (Å²) >= 11 is 3.19. The second-order valence-corrected chi connectivity index (χ2v) is 8.99. The summed E-state index contributed by atoms with van der Waals surface area (Å²) in [6.07, 6.45) is 3.06. The molecule has 1 amide bonds. The van der Waals surface area contributed by atoms with Crippen LogP contribution in [0.15, 0.2) is 36.5 Å². The SMILES string of the molecule is C[C@@]12CCC(=O)N1[C@H](C(=O)OCc1cnc(-c3ccccc3)s1)CS2. The Morgan fingerprint density at radius 2 is 2.20 bits per heavy atom. The maximum atomic E-state index is 12.5. The molecule has 4 rings (SSSR count). The van der Waals surface area contributed by atoms with Crippen LogP contribution in [0.4, 0.5) is 0 Å². The number of benzene rings is 1. The molecule has 25 heavy (non-hydrogen) atoms. The fourth-order valence-corrected chi connectivity index (χ4v) is 5.57. The molecule has 3 heterocycles. The Labute approximate surface area is 154 Å². The van der Waals surface area contributed by atoms with Gasteiger partial charge in [-0.2, -0.15) is 0 Å². The van der Waals surface area contributed by atoms with E-state index in [1.807, 2.05) is 37.3 Å². The van der Waals surface area contributed by atoms with E-state index in [0.29, 0.717) is 12.2 Å². The molecule has 7 heteroatoms. The molecule has 2 saturated heterocycles. The van der Waals surface area contributed by atoms with Crippen molar-refractivity contribution in [2.24, 2.45) is 0 Å². The van der Waals surface area contributed by atoms with Gasteiger partial charge in [-0.15, -0.1) is 23.1 Å². The first-order chi connectivity index (χ1) is 12.1. The highest BCUT2D eigenvalue weighted by Gasteiger charge is 2.53. The lowest BCUT2D eigenvalue weighted by Gasteiger charge is -2.29. The molecule has 0 spiro atoms.